The minimum atomic E-state index is -0.531. The maximum atomic E-state index is 12.8. The van der Waals surface area contributed by atoms with Crippen LogP contribution in [0.15, 0.2) is 103 Å². The number of hydrogen-bond donors (Lipinski definition) is 2. The quantitative estimate of drug-likeness (QED) is 0.309. The second kappa shape index (κ2) is 10.8. The molecule has 188 valence electrons. The SMILES string of the molecule is COc1ccc(-c2cc(-c3ccccc3)n(Cc3ccc(C(=O)Nc4ncccn4)cc3)c2C(N)=O)cc1. The Morgan fingerprint density at radius 2 is 1.55 bits per heavy atom. The highest BCUT2D eigenvalue weighted by Crippen LogP contribution is 2.34. The lowest BCUT2D eigenvalue weighted by Crippen LogP contribution is -2.19. The summed E-state index contributed by atoms with van der Waals surface area (Å²) in [7, 11) is 1.61. The van der Waals surface area contributed by atoms with E-state index in [1.807, 2.05) is 77.4 Å². The van der Waals surface area contributed by atoms with E-state index < -0.39 is 5.91 Å². The van der Waals surface area contributed by atoms with Crippen molar-refractivity contribution >= 4 is 17.8 Å². The minimum Gasteiger partial charge on any atom is -0.497 e. The molecule has 0 saturated heterocycles. The second-order valence-corrected chi connectivity index (χ2v) is 8.56. The molecule has 3 aromatic carbocycles. The van der Waals surface area contributed by atoms with Gasteiger partial charge in [0.1, 0.15) is 11.4 Å². The molecule has 0 saturated carbocycles. The van der Waals surface area contributed by atoms with Gasteiger partial charge in [0, 0.05) is 35.8 Å². The fourth-order valence-electron chi connectivity index (χ4n) is 4.30. The molecule has 0 atom stereocenters. The molecule has 5 aromatic rings. The summed E-state index contributed by atoms with van der Waals surface area (Å²) in [6, 6.07) is 28.2. The first-order valence-electron chi connectivity index (χ1n) is 11.9. The van der Waals surface area contributed by atoms with Gasteiger partial charge in [0.2, 0.25) is 5.95 Å². The molecule has 38 heavy (non-hydrogen) atoms. The van der Waals surface area contributed by atoms with E-state index in [0.29, 0.717) is 17.8 Å². The average Bonchev–Trinajstić information content (AvgIpc) is 3.34. The van der Waals surface area contributed by atoms with Crippen LogP contribution in [0, 0.1) is 0 Å². The standard InChI is InChI=1S/C30H25N5O3/c1-38-24-14-12-21(13-15-24)25-18-26(22-6-3-2-4-7-22)35(27(25)28(31)36)19-20-8-10-23(11-9-20)29(37)34-30-32-16-5-17-33-30/h2-18H,19H2,1H3,(H2,31,36)(H,32,33,34,37). The smallest absolute Gasteiger partial charge is 0.266 e. The van der Waals surface area contributed by atoms with Gasteiger partial charge < -0.3 is 15.0 Å². The van der Waals surface area contributed by atoms with Crippen molar-refractivity contribution in [2.24, 2.45) is 5.73 Å². The highest BCUT2D eigenvalue weighted by Gasteiger charge is 2.22. The summed E-state index contributed by atoms with van der Waals surface area (Å²) in [6.07, 6.45) is 3.12. The summed E-state index contributed by atoms with van der Waals surface area (Å²) in [5, 5.41) is 2.68. The van der Waals surface area contributed by atoms with Crippen LogP contribution >= 0.6 is 0 Å². The number of benzene rings is 3. The molecular weight excluding hydrogens is 478 g/mol. The van der Waals surface area contributed by atoms with Crippen LogP contribution in [-0.2, 0) is 6.54 Å². The molecule has 3 N–H and O–H groups in total. The first kappa shape index (κ1) is 24.5. The number of nitrogens with zero attached hydrogens (tertiary/aromatic N) is 3. The Bertz CT molecular complexity index is 1560. The highest BCUT2D eigenvalue weighted by molar-refractivity contribution is 6.03. The predicted molar refractivity (Wildman–Crippen MR) is 146 cm³/mol. The van der Waals surface area contributed by atoms with Crippen molar-refractivity contribution in [3.63, 3.8) is 0 Å². The number of carbonyl (C=O) groups excluding carboxylic acids is 2. The van der Waals surface area contributed by atoms with Gasteiger partial charge in [0.15, 0.2) is 0 Å². The van der Waals surface area contributed by atoms with Crippen LogP contribution < -0.4 is 15.8 Å². The third kappa shape index (κ3) is 5.15. The fourth-order valence-corrected chi connectivity index (χ4v) is 4.30. The van der Waals surface area contributed by atoms with E-state index in [2.05, 4.69) is 15.3 Å². The highest BCUT2D eigenvalue weighted by atomic mass is 16.5. The molecule has 2 amide bonds. The molecule has 2 heterocycles. The van der Waals surface area contributed by atoms with Crippen LogP contribution in [-0.4, -0.2) is 33.5 Å². The van der Waals surface area contributed by atoms with Crippen LogP contribution in [0.2, 0.25) is 0 Å². The van der Waals surface area contributed by atoms with Gasteiger partial charge in [0.05, 0.1) is 7.11 Å². The number of hydrogen-bond acceptors (Lipinski definition) is 5. The molecule has 0 aliphatic heterocycles. The van der Waals surface area contributed by atoms with Gasteiger partial charge in [0.25, 0.3) is 11.8 Å². The van der Waals surface area contributed by atoms with Crippen molar-refractivity contribution in [3.05, 3.63) is 120 Å². The van der Waals surface area contributed by atoms with Gasteiger partial charge >= 0.3 is 0 Å². The van der Waals surface area contributed by atoms with E-state index >= 15 is 0 Å². The molecule has 8 heteroatoms. The zero-order chi connectivity index (χ0) is 26.5. The molecule has 0 unspecified atom stereocenters. The Labute approximate surface area is 219 Å². The number of primary amides is 1. The Morgan fingerprint density at radius 1 is 0.868 bits per heavy atom. The number of ether oxygens (including phenoxy) is 1. The minimum absolute atomic E-state index is 0.235. The number of carbonyl (C=O) groups is 2. The molecule has 8 nitrogen and oxygen atoms in total. The van der Waals surface area contributed by atoms with Crippen molar-refractivity contribution in [3.8, 4) is 28.1 Å². The molecule has 0 aliphatic carbocycles. The number of anilines is 1. The average molecular weight is 504 g/mol. The number of methoxy groups -OCH3 is 1. The maximum absolute atomic E-state index is 12.8. The molecular formula is C30H25N5O3. The number of amides is 2. The fraction of sp³-hybridized carbons (Fsp3) is 0.0667. The second-order valence-electron chi connectivity index (χ2n) is 8.56. The van der Waals surface area contributed by atoms with E-state index in [0.717, 1.165) is 33.7 Å². The van der Waals surface area contributed by atoms with Crippen LogP contribution in [0.25, 0.3) is 22.4 Å². The predicted octanol–water partition coefficient (Wildman–Crippen LogP) is 5.02. The Kier molecular flexibility index (Phi) is 6.95. The number of aromatic nitrogens is 3. The van der Waals surface area contributed by atoms with Gasteiger partial charge in [-0.1, -0.05) is 54.6 Å². The maximum Gasteiger partial charge on any atom is 0.266 e. The van der Waals surface area contributed by atoms with Gasteiger partial charge in [-0.25, -0.2) is 9.97 Å². The summed E-state index contributed by atoms with van der Waals surface area (Å²) in [5.41, 5.74) is 11.1. The van der Waals surface area contributed by atoms with Gasteiger partial charge in [-0.05, 0) is 53.1 Å². The Balaban J connectivity index is 1.51. The summed E-state index contributed by atoms with van der Waals surface area (Å²) in [4.78, 5) is 33.5. The van der Waals surface area contributed by atoms with E-state index in [1.54, 1.807) is 37.7 Å². The van der Waals surface area contributed by atoms with Crippen molar-refractivity contribution in [2.75, 3.05) is 12.4 Å². The summed E-state index contributed by atoms with van der Waals surface area (Å²) in [6.45, 7) is 0.377. The number of nitrogens with two attached hydrogens (primary N) is 1. The normalized spacial score (nSPS) is 10.7. The zero-order valence-corrected chi connectivity index (χ0v) is 20.7. The number of nitrogens with one attached hydrogen (secondary N) is 1. The molecule has 5 rings (SSSR count). The monoisotopic (exact) mass is 503 g/mol. The molecule has 0 spiro atoms. The van der Waals surface area contributed by atoms with Gasteiger partial charge in [-0.15, -0.1) is 0 Å². The molecule has 0 fully saturated rings. The zero-order valence-electron chi connectivity index (χ0n) is 20.7. The van der Waals surface area contributed by atoms with Crippen LogP contribution in [0.4, 0.5) is 5.95 Å². The van der Waals surface area contributed by atoms with E-state index in [9.17, 15) is 9.59 Å². The van der Waals surface area contributed by atoms with Gasteiger partial charge in [-0.2, -0.15) is 0 Å². The summed E-state index contributed by atoms with van der Waals surface area (Å²) < 4.78 is 7.21. The van der Waals surface area contributed by atoms with Crippen molar-refractivity contribution < 1.29 is 14.3 Å². The topological polar surface area (TPSA) is 112 Å². The molecule has 0 aliphatic rings. The molecule has 0 bridgehead atoms. The Hall–Kier alpha value is -5.24. The van der Waals surface area contributed by atoms with Crippen LogP contribution in [0.3, 0.4) is 0 Å². The van der Waals surface area contributed by atoms with Crippen molar-refractivity contribution in [1.29, 1.82) is 0 Å². The first-order valence-corrected chi connectivity index (χ1v) is 11.9. The van der Waals surface area contributed by atoms with E-state index in [-0.39, 0.29) is 11.9 Å². The van der Waals surface area contributed by atoms with Crippen molar-refractivity contribution in [2.45, 2.75) is 6.54 Å². The lowest BCUT2D eigenvalue weighted by atomic mass is 10.0. The third-order valence-electron chi connectivity index (χ3n) is 6.15. The lowest BCUT2D eigenvalue weighted by Gasteiger charge is -2.14. The van der Waals surface area contributed by atoms with Crippen LogP contribution in [0.1, 0.15) is 26.4 Å². The first-order chi connectivity index (χ1) is 18.5. The van der Waals surface area contributed by atoms with Crippen LogP contribution in [0.5, 0.6) is 5.75 Å². The summed E-state index contributed by atoms with van der Waals surface area (Å²) >= 11 is 0. The van der Waals surface area contributed by atoms with Crippen molar-refractivity contribution in [1.82, 2.24) is 14.5 Å². The molecule has 2 aromatic heterocycles. The molecule has 0 radical (unpaired) electrons. The number of rotatable bonds is 8. The third-order valence-corrected chi connectivity index (χ3v) is 6.15. The Morgan fingerprint density at radius 3 is 2.18 bits per heavy atom. The lowest BCUT2D eigenvalue weighted by molar-refractivity contribution is 0.0990. The van der Waals surface area contributed by atoms with E-state index in [4.69, 9.17) is 10.5 Å². The van der Waals surface area contributed by atoms with E-state index in [1.165, 1.54) is 0 Å². The van der Waals surface area contributed by atoms with Gasteiger partial charge in [-0.3, -0.25) is 14.9 Å². The largest absolute Gasteiger partial charge is 0.497 e. The summed E-state index contributed by atoms with van der Waals surface area (Å²) in [5.74, 6) is 0.115.